The molecule has 0 spiro atoms. The molecule has 1 radical (unpaired) electrons. The summed E-state index contributed by atoms with van der Waals surface area (Å²) in [5, 5.41) is 11.1. The quantitative estimate of drug-likeness (QED) is 0.589. The van der Waals surface area contributed by atoms with E-state index in [1.54, 1.807) is 12.1 Å². The topological polar surface area (TPSA) is 38.4 Å². The second-order valence-electron chi connectivity index (χ2n) is 4.30. The van der Waals surface area contributed by atoms with Gasteiger partial charge in [0, 0.05) is 12.1 Å². The number of hydrogen-bond acceptors (Lipinski definition) is 2. The van der Waals surface area contributed by atoms with Crippen molar-refractivity contribution in [2.24, 2.45) is 0 Å². The standard InChI is InChI=1S/C14H15Cl4O3/c1-9(3-2-5-19)21-14-11(15)7-10(8-12(14)16)20-6-4-13(17)18/h4,7-9H,2-3,5-6H2,1H3. The van der Waals surface area contributed by atoms with Gasteiger partial charge in [0.15, 0.2) is 5.75 Å². The molecule has 0 fully saturated rings. The molecule has 0 saturated carbocycles. The molecule has 1 unspecified atom stereocenters. The lowest BCUT2D eigenvalue weighted by molar-refractivity contribution is 0.154. The normalized spacial score (nSPS) is 11.9. The molecule has 21 heavy (non-hydrogen) atoms. The van der Waals surface area contributed by atoms with Gasteiger partial charge in [-0.2, -0.15) is 0 Å². The molecule has 0 amide bonds. The van der Waals surface area contributed by atoms with Crippen molar-refractivity contribution in [3.63, 3.8) is 0 Å². The van der Waals surface area contributed by atoms with Gasteiger partial charge in [-0.05, 0) is 25.8 Å². The van der Waals surface area contributed by atoms with Crippen LogP contribution in [0.25, 0.3) is 0 Å². The highest BCUT2D eigenvalue weighted by atomic mass is 35.5. The van der Waals surface area contributed by atoms with Crippen molar-refractivity contribution in [2.45, 2.75) is 25.9 Å². The van der Waals surface area contributed by atoms with E-state index in [4.69, 9.17) is 55.9 Å². The molecular formula is C14H15Cl4O3. The van der Waals surface area contributed by atoms with Crippen LogP contribution in [0.4, 0.5) is 0 Å². The highest BCUT2D eigenvalue weighted by Crippen LogP contribution is 2.37. The molecule has 3 nitrogen and oxygen atoms in total. The minimum absolute atomic E-state index is 0.124. The first-order valence-electron chi connectivity index (χ1n) is 6.31. The molecule has 0 aliphatic heterocycles. The summed E-state index contributed by atoms with van der Waals surface area (Å²) in [6.45, 7) is 1.94. The third kappa shape index (κ3) is 6.98. The second kappa shape index (κ2) is 9.65. The van der Waals surface area contributed by atoms with Gasteiger partial charge in [-0.15, -0.1) is 0 Å². The lowest BCUT2D eigenvalue weighted by Crippen LogP contribution is -2.12. The Bertz CT molecular complexity index is 464. The Hall–Kier alpha value is -0.320. The molecule has 1 aromatic carbocycles. The van der Waals surface area contributed by atoms with Crippen molar-refractivity contribution in [3.8, 4) is 11.5 Å². The van der Waals surface area contributed by atoms with E-state index in [1.807, 2.05) is 6.92 Å². The summed E-state index contributed by atoms with van der Waals surface area (Å²) < 4.78 is 11.2. The summed E-state index contributed by atoms with van der Waals surface area (Å²) in [7, 11) is 0. The Balaban J connectivity index is 2.73. The maximum Gasteiger partial charge on any atom is 0.157 e. The van der Waals surface area contributed by atoms with Crippen molar-refractivity contribution in [1.82, 2.24) is 0 Å². The largest absolute Gasteiger partial charge is 0.489 e. The van der Waals surface area contributed by atoms with E-state index in [0.29, 0.717) is 34.4 Å². The molecule has 117 valence electrons. The molecule has 0 bridgehead atoms. The van der Waals surface area contributed by atoms with Crippen LogP contribution in [0, 0.1) is 0 Å². The van der Waals surface area contributed by atoms with Gasteiger partial charge in [0.2, 0.25) is 0 Å². The van der Waals surface area contributed by atoms with Crippen LogP contribution < -0.4 is 9.47 Å². The third-order valence-electron chi connectivity index (χ3n) is 2.53. The van der Waals surface area contributed by atoms with Crippen LogP contribution in [0.3, 0.4) is 0 Å². The summed E-state index contributed by atoms with van der Waals surface area (Å²) in [6.07, 6.45) is 2.55. The highest BCUT2D eigenvalue weighted by molar-refractivity contribution is 6.55. The van der Waals surface area contributed by atoms with E-state index in [2.05, 4.69) is 0 Å². The first kappa shape index (κ1) is 18.7. The fourth-order valence-corrected chi connectivity index (χ4v) is 2.25. The van der Waals surface area contributed by atoms with E-state index >= 15 is 0 Å². The molecule has 0 aliphatic carbocycles. The average Bonchev–Trinajstić information content (AvgIpc) is 2.40. The summed E-state index contributed by atoms with van der Waals surface area (Å²) in [4.78, 5) is 0. The molecular weight excluding hydrogens is 358 g/mol. The Labute approximate surface area is 144 Å². The predicted octanol–water partition coefficient (Wildman–Crippen LogP) is 5.67. The Morgan fingerprint density at radius 1 is 1.29 bits per heavy atom. The van der Waals surface area contributed by atoms with Gasteiger partial charge in [-0.1, -0.05) is 46.4 Å². The van der Waals surface area contributed by atoms with Crippen LogP contribution in [0.5, 0.6) is 11.5 Å². The highest BCUT2D eigenvalue weighted by Gasteiger charge is 2.13. The van der Waals surface area contributed by atoms with Gasteiger partial charge in [0.05, 0.1) is 22.8 Å². The van der Waals surface area contributed by atoms with Crippen LogP contribution in [0.15, 0.2) is 22.7 Å². The molecule has 1 rings (SSSR count). The summed E-state index contributed by atoms with van der Waals surface area (Å²) in [6, 6.07) is 3.19. The van der Waals surface area contributed by atoms with E-state index in [0.717, 1.165) is 0 Å². The zero-order chi connectivity index (χ0) is 15.8. The first-order chi connectivity index (χ1) is 9.93. The van der Waals surface area contributed by atoms with E-state index in [1.165, 1.54) is 6.08 Å². The molecule has 0 aliphatic rings. The van der Waals surface area contributed by atoms with Gasteiger partial charge in [0.25, 0.3) is 0 Å². The second-order valence-corrected chi connectivity index (χ2v) is 6.12. The van der Waals surface area contributed by atoms with E-state index in [9.17, 15) is 5.11 Å². The monoisotopic (exact) mass is 371 g/mol. The number of halogens is 4. The number of rotatable bonds is 8. The average molecular weight is 373 g/mol. The van der Waals surface area contributed by atoms with Crippen molar-refractivity contribution in [2.75, 3.05) is 13.2 Å². The molecule has 0 N–H and O–H groups in total. The van der Waals surface area contributed by atoms with Crippen LogP contribution in [-0.4, -0.2) is 19.3 Å². The predicted molar refractivity (Wildman–Crippen MR) is 86.6 cm³/mol. The van der Waals surface area contributed by atoms with Crippen molar-refractivity contribution < 1.29 is 14.6 Å². The molecule has 7 heteroatoms. The zero-order valence-corrected chi connectivity index (χ0v) is 14.4. The maximum absolute atomic E-state index is 10.5. The molecule has 1 atom stereocenters. The first-order valence-corrected chi connectivity index (χ1v) is 7.83. The molecule has 0 saturated heterocycles. The van der Waals surface area contributed by atoms with Crippen molar-refractivity contribution >= 4 is 46.4 Å². The van der Waals surface area contributed by atoms with Crippen LogP contribution in [-0.2, 0) is 5.11 Å². The van der Waals surface area contributed by atoms with Gasteiger partial charge in [-0.3, -0.25) is 0 Å². The maximum atomic E-state index is 10.5. The van der Waals surface area contributed by atoms with Crippen LogP contribution in [0.1, 0.15) is 19.8 Å². The van der Waals surface area contributed by atoms with Gasteiger partial charge >= 0.3 is 0 Å². The Kier molecular flexibility index (Phi) is 8.60. The minimum atomic E-state index is -0.140. The Morgan fingerprint density at radius 3 is 2.43 bits per heavy atom. The fraction of sp³-hybridized carbons (Fsp3) is 0.429. The molecule has 0 aromatic heterocycles. The van der Waals surface area contributed by atoms with Crippen molar-refractivity contribution in [1.29, 1.82) is 0 Å². The lowest BCUT2D eigenvalue weighted by Gasteiger charge is -2.17. The fourth-order valence-electron chi connectivity index (χ4n) is 1.56. The van der Waals surface area contributed by atoms with Gasteiger partial charge in [0.1, 0.15) is 16.8 Å². The molecule has 1 aromatic rings. The van der Waals surface area contributed by atoms with E-state index in [-0.39, 0.29) is 23.8 Å². The summed E-state index contributed by atoms with van der Waals surface area (Å²) in [5.41, 5.74) is 0. The Morgan fingerprint density at radius 2 is 1.90 bits per heavy atom. The van der Waals surface area contributed by atoms with Crippen molar-refractivity contribution in [3.05, 3.63) is 32.7 Å². The van der Waals surface area contributed by atoms with Gasteiger partial charge in [-0.25, -0.2) is 5.11 Å². The number of benzene rings is 1. The SMILES string of the molecule is CC(CCC[O])Oc1c(Cl)cc(OCC=C(Cl)Cl)cc1Cl. The smallest absolute Gasteiger partial charge is 0.157 e. The number of hydrogen-bond donors (Lipinski definition) is 0. The lowest BCUT2D eigenvalue weighted by atomic mass is 10.2. The van der Waals surface area contributed by atoms with Crippen LogP contribution >= 0.6 is 46.4 Å². The third-order valence-corrected chi connectivity index (χ3v) is 3.40. The zero-order valence-electron chi connectivity index (χ0n) is 11.4. The molecule has 0 heterocycles. The van der Waals surface area contributed by atoms with E-state index < -0.39 is 0 Å². The summed E-state index contributed by atoms with van der Waals surface area (Å²) in [5.74, 6) is 0.866. The number of ether oxygens (including phenoxy) is 2. The summed E-state index contributed by atoms with van der Waals surface area (Å²) >= 11 is 23.2. The van der Waals surface area contributed by atoms with Gasteiger partial charge < -0.3 is 9.47 Å². The minimum Gasteiger partial charge on any atom is -0.489 e. The van der Waals surface area contributed by atoms with Crippen LogP contribution in [0.2, 0.25) is 10.0 Å².